The minimum atomic E-state index is -4.83. The lowest BCUT2D eigenvalue weighted by Crippen LogP contribution is -2.27. The number of amides is 1. The quantitative estimate of drug-likeness (QED) is 0.213. The highest BCUT2D eigenvalue weighted by Gasteiger charge is 2.31. The summed E-state index contributed by atoms with van der Waals surface area (Å²) in [4.78, 5) is 21.3. The molecule has 11 nitrogen and oxygen atoms in total. The number of sulfonamides is 1. The molecular weight excluding hydrogens is 559 g/mol. The monoisotopic (exact) mass is 579 g/mol. The lowest BCUT2D eigenvalue weighted by Gasteiger charge is -2.11. The molecule has 1 amide bonds. The van der Waals surface area contributed by atoms with Crippen LogP contribution in [0.5, 0.6) is 5.75 Å². The number of benzene rings is 2. The molecule has 2 heterocycles. The van der Waals surface area contributed by atoms with Gasteiger partial charge in [-0.15, -0.1) is 18.3 Å². The van der Waals surface area contributed by atoms with Crippen LogP contribution in [-0.4, -0.2) is 52.2 Å². The van der Waals surface area contributed by atoms with Gasteiger partial charge in [0.2, 0.25) is 10.0 Å². The summed E-state index contributed by atoms with van der Waals surface area (Å²) < 4.78 is 65.6. The van der Waals surface area contributed by atoms with Crippen molar-refractivity contribution in [2.24, 2.45) is 5.14 Å². The van der Waals surface area contributed by atoms with Gasteiger partial charge in [-0.05, 0) is 54.4 Å². The molecule has 0 aliphatic rings. The maximum absolute atomic E-state index is 13.0. The van der Waals surface area contributed by atoms with Gasteiger partial charge in [0.15, 0.2) is 10.9 Å². The highest BCUT2D eigenvalue weighted by atomic mass is 32.2. The zero-order valence-electron chi connectivity index (χ0n) is 19.9. The Morgan fingerprint density at radius 3 is 2.33 bits per heavy atom. The first-order valence-electron chi connectivity index (χ1n) is 11.1. The Morgan fingerprint density at radius 2 is 1.72 bits per heavy atom. The van der Waals surface area contributed by atoms with Gasteiger partial charge in [0.25, 0.3) is 5.91 Å². The largest absolute Gasteiger partial charge is 0.573 e. The van der Waals surface area contributed by atoms with Crippen LogP contribution in [0.15, 0.2) is 77.0 Å². The highest BCUT2D eigenvalue weighted by Crippen LogP contribution is 2.26. The molecule has 0 unspecified atom stereocenters. The number of hydrogen-bond acceptors (Lipinski definition) is 9. The second-order valence-electron chi connectivity index (χ2n) is 7.85. The minimum Gasteiger partial charge on any atom is -0.406 e. The summed E-state index contributed by atoms with van der Waals surface area (Å²) in [5, 5.41) is 16.3. The third-order valence-corrected chi connectivity index (χ3v) is 6.94. The summed E-state index contributed by atoms with van der Waals surface area (Å²) in [6.07, 6.45) is -1.31. The molecule has 4 rings (SSSR count). The molecule has 0 fully saturated rings. The van der Waals surface area contributed by atoms with Crippen molar-refractivity contribution in [3.63, 3.8) is 0 Å². The van der Waals surface area contributed by atoms with Crippen molar-refractivity contribution in [2.45, 2.75) is 28.6 Å². The fourth-order valence-corrected chi connectivity index (χ4v) is 4.66. The van der Waals surface area contributed by atoms with Crippen LogP contribution in [0.1, 0.15) is 21.7 Å². The molecule has 0 radical (unpaired) electrons. The first-order valence-corrected chi connectivity index (χ1v) is 13.6. The van der Waals surface area contributed by atoms with Crippen molar-refractivity contribution in [1.29, 1.82) is 0 Å². The van der Waals surface area contributed by atoms with Gasteiger partial charge in [0, 0.05) is 24.7 Å². The van der Waals surface area contributed by atoms with Crippen molar-refractivity contribution < 1.29 is 31.1 Å². The standard InChI is InChI=1S/C23H20F3N7O4S2/c24-23(25,26)37-17-6-4-16(5-7-17)33-19(14-38-22-29-11-1-12-30-22)20(31-32-33)21(34)28-13-10-15-2-8-18(9-3-15)39(27,35)36/h1-9,11-12H,10,13-14H2,(H,28,34)(H2,27,35,36). The molecule has 39 heavy (non-hydrogen) atoms. The molecule has 2 aromatic carbocycles. The number of carbonyl (C=O) groups excluding carboxylic acids is 1. The Morgan fingerprint density at radius 1 is 1.05 bits per heavy atom. The van der Waals surface area contributed by atoms with E-state index in [1.807, 2.05) is 0 Å². The first kappa shape index (κ1) is 28.0. The summed E-state index contributed by atoms with van der Waals surface area (Å²) >= 11 is 1.22. The zero-order chi connectivity index (χ0) is 28.0. The normalized spacial score (nSPS) is 11.8. The van der Waals surface area contributed by atoms with Gasteiger partial charge < -0.3 is 10.1 Å². The second kappa shape index (κ2) is 11.8. The molecule has 16 heteroatoms. The maximum atomic E-state index is 13.0. The van der Waals surface area contributed by atoms with Gasteiger partial charge in [0.05, 0.1) is 16.3 Å². The average Bonchev–Trinajstić information content (AvgIpc) is 3.31. The fraction of sp³-hybridized carbons (Fsp3) is 0.174. The Labute approximate surface area is 224 Å². The SMILES string of the molecule is NS(=O)(=O)c1ccc(CCNC(=O)c2nnn(-c3ccc(OC(F)(F)F)cc3)c2CSc2ncccn2)cc1. The van der Waals surface area contributed by atoms with E-state index in [0.717, 1.165) is 17.7 Å². The van der Waals surface area contributed by atoms with Crippen LogP contribution < -0.4 is 15.2 Å². The summed E-state index contributed by atoms with van der Waals surface area (Å²) in [6, 6.07) is 12.6. The predicted molar refractivity (Wildman–Crippen MR) is 133 cm³/mol. The number of primary sulfonamides is 1. The number of thioether (sulfide) groups is 1. The third kappa shape index (κ3) is 7.75. The van der Waals surface area contributed by atoms with E-state index in [9.17, 15) is 26.4 Å². The molecule has 3 N–H and O–H groups in total. The van der Waals surface area contributed by atoms with Gasteiger partial charge in [0.1, 0.15) is 5.75 Å². The van der Waals surface area contributed by atoms with Crippen LogP contribution in [0.25, 0.3) is 5.69 Å². The molecular formula is C23H20F3N7O4S2. The Hall–Kier alpha value is -4.02. The number of carbonyl (C=O) groups is 1. The van der Waals surface area contributed by atoms with Gasteiger partial charge >= 0.3 is 6.36 Å². The first-order chi connectivity index (χ1) is 18.5. The molecule has 0 saturated heterocycles. The molecule has 4 aromatic rings. The smallest absolute Gasteiger partial charge is 0.406 e. The van der Waals surface area contributed by atoms with Crippen molar-refractivity contribution >= 4 is 27.7 Å². The molecule has 0 atom stereocenters. The number of rotatable bonds is 10. The lowest BCUT2D eigenvalue weighted by molar-refractivity contribution is -0.274. The number of halogens is 3. The molecule has 2 aromatic heterocycles. The van der Waals surface area contributed by atoms with E-state index in [0.29, 0.717) is 23.0 Å². The van der Waals surface area contributed by atoms with Crippen LogP contribution in [0, 0.1) is 0 Å². The van der Waals surface area contributed by atoms with E-state index >= 15 is 0 Å². The number of nitrogens with zero attached hydrogens (tertiary/aromatic N) is 5. The zero-order valence-corrected chi connectivity index (χ0v) is 21.5. The summed E-state index contributed by atoms with van der Waals surface area (Å²) in [7, 11) is -3.81. The van der Waals surface area contributed by atoms with E-state index in [2.05, 4.69) is 30.3 Å². The van der Waals surface area contributed by atoms with E-state index in [4.69, 9.17) is 5.14 Å². The third-order valence-electron chi connectivity index (χ3n) is 5.12. The lowest BCUT2D eigenvalue weighted by atomic mass is 10.1. The van der Waals surface area contributed by atoms with Gasteiger partial charge in [-0.1, -0.05) is 29.1 Å². The van der Waals surface area contributed by atoms with Crippen LogP contribution in [0.4, 0.5) is 13.2 Å². The van der Waals surface area contributed by atoms with Gasteiger partial charge in [-0.2, -0.15) is 0 Å². The number of aromatic nitrogens is 5. The Kier molecular flexibility index (Phi) is 8.47. The van der Waals surface area contributed by atoms with Crippen LogP contribution in [-0.2, 0) is 22.2 Å². The van der Waals surface area contributed by atoms with Crippen LogP contribution >= 0.6 is 11.8 Å². The molecule has 204 valence electrons. The van der Waals surface area contributed by atoms with Crippen molar-refractivity contribution in [3.8, 4) is 11.4 Å². The van der Waals surface area contributed by atoms with Crippen LogP contribution in [0.2, 0.25) is 0 Å². The summed E-state index contributed by atoms with van der Waals surface area (Å²) in [5.74, 6) is -0.755. The number of ether oxygens (including phenoxy) is 1. The van der Waals surface area contributed by atoms with E-state index in [-0.39, 0.29) is 22.9 Å². The molecule has 0 bridgehead atoms. The van der Waals surface area contributed by atoms with Crippen molar-refractivity contribution in [1.82, 2.24) is 30.3 Å². The number of nitrogens with one attached hydrogen (secondary N) is 1. The van der Waals surface area contributed by atoms with E-state index in [1.165, 1.54) is 40.7 Å². The Bertz CT molecular complexity index is 1530. The fourth-order valence-electron chi connectivity index (χ4n) is 3.35. The predicted octanol–water partition coefficient (Wildman–Crippen LogP) is 2.87. The van der Waals surface area contributed by atoms with Gasteiger partial charge in [-0.25, -0.2) is 28.2 Å². The average molecular weight is 580 g/mol. The van der Waals surface area contributed by atoms with Gasteiger partial charge in [-0.3, -0.25) is 4.79 Å². The summed E-state index contributed by atoms with van der Waals surface area (Å²) in [5.41, 5.74) is 1.51. The van der Waals surface area contributed by atoms with Crippen molar-refractivity contribution in [2.75, 3.05) is 6.54 Å². The van der Waals surface area contributed by atoms with E-state index < -0.39 is 28.0 Å². The second-order valence-corrected chi connectivity index (χ2v) is 10.4. The number of alkyl halides is 3. The number of hydrogen-bond donors (Lipinski definition) is 2. The Balaban J connectivity index is 1.51. The highest BCUT2D eigenvalue weighted by molar-refractivity contribution is 7.98. The minimum absolute atomic E-state index is 0.0126. The molecule has 0 spiro atoms. The molecule has 0 saturated carbocycles. The number of nitrogens with two attached hydrogens (primary N) is 1. The molecule has 0 aliphatic heterocycles. The topological polar surface area (TPSA) is 155 Å². The maximum Gasteiger partial charge on any atom is 0.573 e. The van der Waals surface area contributed by atoms with Crippen molar-refractivity contribution in [3.05, 3.63) is 83.9 Å². The summed E-state index contributed by atoms with van der Waals surface area (Å²) in [6.45, 7) is 0.207. The van der Waals surface area contributed by atoms with E-state index in [1.54, 1.807) is 30.6 Å². The van der Waals surface area contributed by atoms with Crippen LogP contribution in [0.3, 0.4) is 0 Å². The molecule has 0 aliphatic carbocycles.